The summed E-state index contributed by atoms with van der Waals surface area (Å²) < 4.78 is 18.5. The molecule has 2 N–H and O–H groups in total. The number of likely N-dealkylation sites (N-methyl/N-ethyl adjacent to an activating group) is 1. The third-order valence-electron chi connectivity index (χ3n) is 2.94. The Bertz CT molecular complexity index is 411. The van der Waals surface area contributed by atoms with Crippen molar-refractivity contribution in [3.05, 3.63) is 30.1 Å². The highest BCUT2D eigenvalue weighted by molar-refractivity contribution is 5.78. The average Bonchev–Trinajstić information content (AvgIpc) is 2.36. The number of rotatable bonds is 7. The number of carboxylic acid groups (broad SMARTS) is 1. The third-order valence-corrected chi connectivity index (χ3v) is 2.94. The first-order chi connectivity index (χ1) is 8.49. The number of carboxylic acids is 1. The van der Waals surface area contributed by atoms with Crippen molar-refractivity contribution < 1.29 is 19.0 Å². The van der Waals surface area contributed by atoms with E-state index in [2.05, 4.69) is 5.32 Å². The van der Waals surface area contributed by atoms with Gasteiger partial charge in [0.05, 0.1) is 6.61 Å². The van der Waals surface area contributed by atoms with Crippen molar-refractivity contribution in [1.29, 1.82) is 0 Å². The van der Waals surface area contributed by atoms with E-state index in [0.717, 1.165) is 0 Å². The van der Waals surface area contributed by atoms with E-state index in [4.69, 9.17) is 9.84 Å². The molecule has 0 aromatic heterocycles. The van der Waals surface area contributed by atoms with Crippen molar-refractivity contribution in [3.63, 3.8) is 0 Å². The van der Waals surface area contributed by atoms with Gasteiger partial charge in [0.1, 0.15) is 5.54 Å². The summed E-state index contributed by atoms with van der Waals surface area (Å²) in [6, 6.07) is 6.15. The van der Waals surface area contributed by atoms with Gasteiger partial charge in [0.2, 0.25) is 0 Å². The molecule has 0 aliphatic heterocycles. The molecule has 0 amide bonds. The average molecular weight is 255 g/mol. The van der Waals surface area contributed by atoms with E-state index in [1.807, 2.05) is 0 Å². The molecule has 0 fully saturated rings. The van der Waals surface area contributed by atoms with Gasteiger partial charge in [-0.25, -0.2) is 4.39 Å². The minimum atomic E-state index is -0.974. The molecule has 0 saturated carbocycles. The maximum absolute atomic E-state index is 13.2. The number of para-hydroxylation sites is 1. The zero-order valence-electron chi connectivity index (χ0n) is 10.6. The summed E-state index contributed by atoms with van der Waals surface area (Å²) in [6.45, 7) is 1.89. The van der Waals surface area contributed by atoms with Crippen LogP contribution in [0.2, 0.25) is 0 Å². The number of carbonyl (C=O) groups is 1. The molecule has 0 heterocycles. The predicted molar refractivity (Wildman–Crippen MR) is 66.2 cm³/mol. The van der Waals surface area contributed by atoms with Crippen LogP contribution in [0.5, 0.6) is 5.75 Å². The zero-order chi connectivity index (χ0) is 13.6. The van der Waals surface area contributed by atoms with Crippen LogP contribution in [0.15, 0.2) is 24.3 Å². The van der Waals surface area contributed by atoms with Gasteiger partial charge in [-0.15, -0.1) is 0 Å². The lowest BCUT2D eigenvalue weighted by atomic mass is 9.96. The number of benzene rings is 1. The lowest BCUT2D eigenvalue weighted by Crippen LogP contribution is -2.47. The number of halogens is 1. The summed E-state index contributed by atoms with van der Waals surface area (Å²) in [7, 11) is 1.60. The quantitative estimate of drug-likeness (QED) is 0.732. The van der Waals surface area contributed by atoms with Gasteiger partial charge < -0.3 is 15.2 Å². The normalized spacial score (nSPS) is 13.9. The Morgan fingerprint density at radius 2 is 2.17 bits per heavy atom. The predicted octanol–water partition coefficient (Wildman–Crippen LogP) is 2.05. The maximum Gasteiger partial charge on any atom is 0.323 e. The topological polar surface area (TPSA) is 58.6 Å². The standard InChI is InChI=1S/C13H18FNO3/c1-13(15-2,12(16)17)8-5-9-18-11-7-4-3-6-10(11)14/h3-4,6-7,15H,5,8-9H2,1-2H3,(H,16,17). The molecule has 1 aromatic carbocycles. The summed E-state index contributed by atoms with van der Waals surface area (Å²) in [4.78, 5) is 11.0. The van der Waals surface area contributed by atoms with Gasteiger partial charge in [0, 0.05) is 0 Å². The SMILES string of the molecule is CNC(C)(CCCOc1ccccc1F)C(=O)O. The maximum atomic E-state index is 13.2. The molecule has 18 heavy (non-hydrogen) atoms. The van der Waals surface area contributed by atoms with E-state index in [-0.39, 0.29) is 12.4 Å². The Morgan fingerprint density at radius 1 is 1.50 bits per heavy atom. The van der Waals surface area contributed by atoms with E-state index in [0.29, 0.717) is 12.8 Å². The van der Waals surface area contributed by atoms with Gasteiger partial charge in [-0.05, 0) is 38.9 Å². The number of ether oxygens (including phenoxy) is 1. The highest BCUT2D eigenvalue weighted by Crippen LogP contribution is 2.17. The molecule has 0 aliphatic rings. The van der Waals surface area contributed by atoms with Crippen molar-refractivity contribution >= 4 is 5.97 Å². The molecule has 1 rings (SSSR count). The third kappa shape index (κ3) is 3.70. The van der Waals surface area contributed by atoms with E-state index >= 15 is 0 Å². The summed E-state index contributed by atoms with van der Waals surface area (Å²) >= 11 is 0. The Morgan fingerprint density at radius 3 is 2.72 bits per heavy atom. The Labute approximate surface area is 106 Å². The van der Waals surface area contributed by atoms with Gasteiger partial charge in [0.15, 0.2) is 11.6 Å². The molecule has 0 aliphatic carbocycles. The first-order valence-electron chi connectivity index (χ1n) is 5.79. The largest absolute Gasteiger partial charge is 0.491 e. The van der Waals surface area contributed by atoms with Crippen molar-refractivity contribution in [3.8, 4) is 5.75 Å². The Kier molecular flexibility index (Phi) is 5.09. The molecule has 1 unspecified atom stereocenters. The van der Waals surface area contributed by atoms with Crippen LogP contribution in [-0.4, -0.2) is 30.3 Å². The highest BCUT2D eigenvalue weighted by Gasteiger charge is 2.30. The molecular formula is C13H18FNO3. The minimum absolute atomic E-state index is 0.194. The molecule has 4 nitrogen and oxygen atoms in total. The number of hydrogen-bond donors (Lipinski definition) is 2. The van der Waals surface area contributed by atoms with Gasteiger partial charge in [-0.2, -0.15) is 0 Å². The van der Waals surface area contributed by atoms with Gasteiger partial charge in [0.25, 0.3) is 0 Å². The van der Waals surface area contributed by atoms with Crippen LogP contribution in [0.25, 0.3) is 0 Å². The van der Waals surface area contributed by atoms with Gasteiger partial charge >= 0.3 is 5.97 Å². The van der Waals surface area contributed by atoms with Crippen molar-refractivity contribution in [1.82, 2.24) is 5.32 Å². The van der Waals surface area contributed by atoms with E-state index in [1.54, 1.807) is 32.2 Å². The fourth-order valence-corrected chi connectivity index (χ4v) is 1.51. The highest BCUT2D eigenvalue weighted by atomic mass is 19.1. The second-order valence-electron chi connectivity index (χ2n) is 4.27. The Balaban J connectivity index is 2.39. The molecule has 1 atom stereocenters. The number of aliphatic carboxylic acids is 1. The molecular weight excluding hydrogens is 237 g/mol. The van der Waals surface area contributed by atoms with Crippen molar-refractivity contribution in [2.45, 2.75) is 25.3 Å². The summed E-state index contributed by atoms with van der Waals surface area (Å²) in [6.07, 6.45) is 0.936. The molecule has 1 aromatic rings. The van der Waals surface area contributed by atoms with Crippen LogP contribution in [0.4, 0.5) is 4.39 Å². The summed E-state index contributed by atoms with van der Waals surface area (Å²) in [5.74, 6) is -1.12. The smallest absolute Gasteiger partial charge is 0.323 e. The van der Waals surface area contributed by atoms with Gasteiger partial charge in [-0.3, -0.25) is 4.79 Å². The van der Waals surface area contributed by atoms with Crippen LogP contribution >= 0.6 is 0 Å². The van der Waals surface area contributed by atoms with Crippen LogP contribution in [0.3, 0.4) is 0 Å². The number of hydrogen-bond acceptors (Lipinski definition) is 3. The van der Waals surface area contributed by atoms with Crippen LogP contribution in [0.1, 0.15) is 19.8 Å². The molecule has 0 radical (unpaired) electrons. The van der Waals surface area contributed by atoms with Crippen molar-refractivity contribution in [2.75, 3.05) is 13.7 Å². The van der Waals surface area contributed by atoms with E-state index < -0.39 is 17.3 Å². The van der Waals surface area contributed by atoms with E-state index in [1.165, 1.54) is 6.07 Å². The summed E-state index contributed by atoms with van der Waals surface area (Å²) in [5, 5.41) is 11.8. The first-order valence-corrected chi connectivity index (χ1v) is 5.79. The molecule has 0 bridgehead atoms. The minimum Gasteiger partial charge on any atom is -0.491 e. The second-order valence-corrected chi connectivity index (χ2v) is 4.27. The fourth-order valence-electron chi connectivity index (χ4n) is 1.51. The lowest BCUT2D eigenvalue weighted by molar-refractivity contribution is -0.144. The first kappa shape index (κ1) is 14.4. The lowest BCUT2D eigenvalue weighted by Gasteiger charge is -2.23. The second kappa shape index (κ2) is 6.35. The van der Waals surface area contributed by atoms with Crippen LogP contribution in [0, 0.1) is 5.82 Å². The van der Waals surface area contributed by atoms with Crippen LogP contribution in [-0.2, 0) is 4.79 Å². The fraction of sp³-hybridized carbons (Fsp3) is 0.462. The zero-order valence-corrected chi connectivity index (χ0v) is 10.6. The monoisotopic (exact) mass is 255 g/mol. The molecule has 100 valence electrons. The van der Waals surface area contributed by atoms with Crippen LogP contribution < -0.4 is 10.1 Å². The number of nitrogens with one attached hydrogen (secondary N) is 1. The van der Waals surface area contributed by atoms with E-state index in [9.17, 15) is 9.18 Å². The van der Waals surface area contributed by atoms with Crippen molar-refractivity contribution in [2.24, 2.45) is 0 Å². The summed E-state index contributed by atoms with van der Waals surface area (Å²) in [5.41, 5.74) is -0.974. The molecule has 0 saturated heterocycles. The van der Waals surface area contributed by atoms with Gasteiger partial charge in [-0.1, -0.05) is 12.1 Å². The Hall–Kier alpha value is -1.62. The molecule has 5 heteroatoms. The molecule has 0 spiro atoms.